The molecule has 1 amide bonds. The van der Waals surface area contributed by atoms with Crippen molar-refractivity contribution in [1.82, 2.24) is 15.2 Å². The lowest BCUT2D eigenvalue weighted by molar-refractivity contribution is 0.0908. The third-order valence-electron chi connectivity index (χ3n) is 5.71. The third-order valence-corrected chi connectivity index (χ3v) is 5.71. The maximum atomic E-state index is 13.6. The summed E-state index contributed by atoms with van der Waals surface area (Å²) in [6.45, 7) is 2.19. The van der Waals surface area contributed by atoms with Crippen LogP contribution in [0.25, 0.3) is 11.3 Å². The molecular weight excluding hydrogens is 412 g/mol. The first-order valence-electron chi connectivity index (χ1n) is 10.6. The number of carbonyl (C=O) groups excluding carboxylic acids is 1. The van der Waals surface area contributed by atoms with Crippen LogP contribution in [-0.4, -0.2) is 42.0 Å². The molecule has 2 aromatic carbocycles. The van der Waals surface area contributed by atoms with Crippen molar-refractivity contribution in [3.05, 3.63) is 83.6 Å². The zero-order valence-corrected chi connectivity index (χ0v) is 17.9. The molecule has 1 aliphatic rings. The Bertz CT molecular complexity index is 1080. The van der Waals surface area contributed by atoms with Crippen LogP contribution in [0.2, 0.25) is 0 Å². The van der Waals surface area contributed by atoms with Gasteiger partial charge in [0, 0.05) is 43.0 Å². The molecule has 0 bridgehead atoms. The predicted molar refractivity (Wildman–Crippen MR) is 118 cm³/mol. The lowest BCUT2D eigenvalue weighted by Gasteiger charge is -2.32. The quantitative estimate of drug-likeness (QED) is 0.620. The third kappa shape index (κ3) is 5.29. The molecule has 0 spiro atoms. The number of ether oxygens (including phenoxy) is 1. The minimum Gasteiger partial charge on any atom is -0.496 e. The normalized spacial score (nSPS) is 14.8. The summed E-state index contributed by atoms with van der Waals surface area (Å²) in [6.07, 6.45) is 3.12. The summed E-state index contributed by atoms with van der Waals surface area (Å²) in [4.78, 5) is 19.2. The highest BCUT2D eigenvalue weighted by atomic mass is 19.1. The standard InChI is InChI=1S/C25H25F2N3O2/c1-32-24-8-6-21(27)14-19(24)16-30-11-9-22(10-12-30)29-25(31)18-5-7-23(28-15-18)17-3-2-4-20(26)13-17/h2-8,13-15,22H,9-12,16H2,1H3,(H,29,31). The van der Waals surface area contributed by atoms with Gasteiger partial charge in [-0.3, -0.25) is 14.7 Å². The number of pyridine rings is 1. The van der Waals surface area contributed by atoms with Gasteiger partial charge in [-0.2, -0.15) is 0 Å². The molecule has 166 valence electrons. The molecule has 1 aromatic heterocycles. The van der Waals surface area contributed by atoms with Crippen LogP contribution >= 0.6 is 0 Å². The lowest BCUT2D eigenvalue weighted by atomic mass is 10.0. The van der Waals surface area contributed by atoms with E-state index < -0.39 is 0 Å². The summed E-state index contributed by atoms with van der Waals surface area (Å²) < 4.78 is 32.3. The summed E-state index contributed by atoms with van der Waals surface area (Å²) in [5.41, 5.74) is 2.57. The first-order chi connectivity index (χ1) is 15.5. The van der Waals surface area contributed by atoms with Crippen molar-refractivity contribution in [3.63, 3.8) is 0 Å². The van der Waals surface area contributed by atoms with E-state index in [0.29, 0.717) is 29.1 Å². The molecule has 0 unspecified atom stereocenters. The summed E-state index contributed by atoms with van der Waals surface area (Å²) in [5.74, 6) is -0.0992. The molecule has 0 saturated carbocycles. The molecule has 3 aromatic rings. The van der Waals surface area contributed by atoms with Gasteiger partial charge in [0.1, 0.15) is 17.4 Å². The second-order valence-electron chi connectivity index (χ2n) is 7.92. The minimum absolute atomic E-state index is 0.0658. The van der Waals surface area contributed by atoms with E-state index in [1.807, 2.05) is 0 Å². The maximum Gasteiger partial charge on any atom is 0.253 e. The smallest absolute Gasteiger partial charge is 0.253 e. The largest absolute Gasteiger partial charge is 0.496 e. The van der Waals surface area contributed by atoms with Crippen LogP contribution in [0.1, 0.15) is 28.8 Å². The van der Waals surface area contributed by atoms with Crippen molar-refractivity contribution in [3.8, 4) is 17.0 Å². The topological polar surface area (TPSA) is 54.5 Å². The number of hydrogen-bond acceptors (Lipinski definition) is 4. The Morgan fingerprint density at radius 3 is 2.56 bits per heavy atom. The number of piperidine rings is 1. The van der Waals surface area contributed by atoms with Crippen molar-refractivity contribution in [1.29, 1.82) is 0 Å². The first-order valence-corrected chi connectivity index (χ1v) is 10.6. The number of benzene rings is 2. The zero-order valence-electron chi connectivity index (χ0n) is 17.9. The highest BCUT2D eigenvalue weighted by Crippen LogP contribution is 2.23. The fraction of sp³-hybridized carbons (Fsp3) is 0.280. The molecule has 1 fully saturated rings. The number of likely N-dealkylation sites (tertiary alicyclic amines) is 1. The number of carbonyl (C=O) groups is 1. The molecule has 5 nitrogen and oxygen atoms in total. The zero-order chi connectivity index (χ0) is 22.5. The van der Waals surface area contributed by atoms with Crippen LogP contribution in [0.5, 0.6) is 5.75 Å². The molecule has 32 heavy (non-hydrogen) atoms. The molecule has 0 atom stereocenters. The van der Waals surface area contributed by atoms with Gasteiger partial charge in [0.2, 0.25) is 0 Å². The second kappa shape index (κ2) is 9.87. The van der Waals surface area contributed by atoms with Crippen molar-refractivity contribution >= 4 is 5.91 Å². The van der Waals surface area contributed by atoms with Crippen LogP contribution in [0.15, 0.2) is 60.8 Å². The monoisotopic (exact) mass is 437 g/mol. The predicted octanol–water partition coefficient (Wildman–Crippen LogP) is 4.43. The summed E-state index contributed by atoms with van der Waals surface area (Å²) in [5, 5.41) is 3.07. The molecule has 0 radical (unpaired) electrons. The number of nitrogens with zero attached hydrogens (tertiary/aromatic N) is 2. The van der Waals surface area contributed by atoms with E-state index in [2.05, 4.69) is 15.2 Å². The number of methoxy groups -OCH3 is 1. The summed E-state index contributed by atoms with van der Waals surface area (Å²) >= 11 is 0. The van der Waals surface area contributed by atoms with Crippen LogP contribution in [0, 0.1) is 11.6 Å². The van der Waals surface area contributed by atoms with Gasteiger partial charge in [0.25, 0.3) is 5.91 Å². The van der Waals surface area contributed by atoms with Crippen LogP contribution in [0.4, 0.5) is 8.78 Å². The van der Waals surface area contributed by atoms with Gasteiger partial charge in [-0.15, -0.1) is 0 Å². The van der Waals surface area contributed by atoms with E-state index in [0.717, 1.165) is 31.5 Å². The van der Waals surface area contributed by atoms with Crippen molar-refractivity contribution in [2.24, 2.45) is 0 Å². The van der Waals surface area contributed by atoms with Crippen LogP contribution in [0.3, 0.4) is 0 Å². The van der Waals surface area contributed by atoms with Gasteiger partial charge in [-0.25, -0.2) is 8.78 Å². The van der Waals surface area contributed by atoms with Gasteiger partial charge in [-0.1, -0.05) is 12.1 Å². The highest BCUT2D eigenvalue weighted by molar-refractivity contribution is 5.94. The second-order valence-corrected chi connectivity index (χ2v) is 7.92. The number of halogens is 2. The number of amides is 1. The average molecular weight is 437 g/mol. The average Bonchev–Trinajstić information content (AvgIpc) is 2.80. The Kier molecular flexibility index (Phi) is 6.75. The molecule has 0 aliphatic carbocycles. The van der Waals surface area contributed by atoms with E-state index in [4.69, 9.17) is 4.74 Å². The Morgan fingerprint density at radius 1 is 1.09 bits per heavy atom. The molecule has 1 N–H and O–H groups in total. The fourth-order valence-corrected chi connectivity index (χ4v) is 3.96. The molecule has 7 heteroatoms. The van der Waals surface area contributed by atoms with E-state index in [1.165, 1.54) is 30.5 Å². The van der Waals surface area contributed by atoms with E-state index >= 15 is 0 Å². The number of rotatable bonds is 6. The van der Waals surface area contributed by atoms with E-state index in [1.54, 1.807) is 37.4 Å². The van der Waals surface area contributed by atoms with Crippen molar-refractivity contribution in [2.75, 3.05) is 20.2 Å². The molecular formula is C25H25F2N3O2. The van der Waals surface area contributed by atoms with Crippen LogP contribution in [-0.2, 0) is 6.54 Å². The lowest BCUT2D eigenvalue weighted by Crippen LogP contribution is -2.44. The Balaban J connectivity index is 1.30. The van der Waals surface area contributed by atoms with E-state index in [-0.39, 0.29) is 23.6 Å². The summed E-state index contributed by atoms with van der Waals surface area (Å²) in [7, 11) is 1.58. The van der Waals surface area contributed by atoms with Crippen molar-refractivity contribution < 1.29 is 18.3 Å². The Morgan fingerprint density at radius 2 is 1.88 bits per heavy atom. The van der Waals surface area contributed by atoms with Gasteiger partial charge >= 0.3 is 0 Å². The van der Waals surface area contributed by atoms with Gasteiger partial charge in [-0.05, 0) is 55.3 Å². The van der Waals surface area contributed by atoms with Gasteiger partial charge in [0.15, 0.2) is 0 Å². The Hall–Kier alpha value is -3.32. The van der Waals surface area contributed by atoms with E-state index in [9.17, 15) is 13.6 Å². The maximum absolute atomic E-state index is 13.6. The SMILES string of the molecule is COc1ccc(F)cc1CN1CCC(NC(=O)c2ccc(-c3cccc(F)c3)nc2)CC1. The Labute approximate surface area is 186 Å². The highest BCUT2D eigenvalue weighted by Gasteiger charge is 2.22. The van der Waals surface area contributed by atoms with Crippen LogP contribution < -0.4 is 10.1 Å². The summed E-state index contributed by atoms with van der Waals surface area (Å²) in [6, 6.07) is 14.2. The fourth-order valence-electron chi connectivity index (χ4n) is 3.96. The number of hydrogen-bond donors (Lipinski definition) is 1. The number of aromatic nitrogens is 1. The minimum atomic E-state index is -0.326. The first kappa shape index (κ1) is 21.9. The molecule has 1 saturated heterocycles. The molecule has 2 heterocycles. The molecule has 1 aliphatic heterocycles. The van der Waals surface area contributed by atoms with Crippen molar-refractivity contribution in [2.45, 2.75) is 25.4 Å². The number of nitrogens with one attached hydrogen (secondary N) is 1. The van der Waals surface area contributed by atoms with Gasteiger partial charge < -0.3 is 10.1 Å². The molecule has 4 rings (SSSR count). The van der Waals surface area contributed by atoms with Gasteiger partial charge in [0.05, 0.1) is 18.4 Å².